The molecule has 29 heavy (non-hydrogen) atoms. The van der Waals surface area contributed by atoms with E-state index in [9.17, 15) is 0 Å². The number of hydrogen-bond donors (Lipinski definition) is 1. The number of nitrogens with one attached hydrogen (secondary N) is 1. The molecule has 0 saturated heterocycles. The molecule has 0 heterocycles. The van der Waals surface area contributed by atoms with E-state index in [-0.39, 0.29) is 0 Å². The van der Waals surface area contributed by atoms with Crippen molar-refractivity contribution < 1.29 is 0 Å². The van der Waals surface area contributed by atoms with E-state index in [1.807, 2.05) is 0 Å². The molecule has 5 fully saturated rings. The molecule has 2 nitrogen and oxygen atoms in total. The first-order valence-electron chi connectivity index (χ1n) is 12.8. The second-order valence-corrected chi connectivity index (χ2v) is 13.6. The Kier molecular flexibility index (Phi) is 4.33. The maximum absolute atomic E-state index is 3.64. The summed E-state index contributed by atoms with van der Waals surface area (Å²) in [5.41, 5.74) is 2.98. The molecular formula is C27H48N2. The first-order valence-corrected chi connectivity index (χ1v) is 12.8. The van der Waals surface area contributed by atoms with Gasteiger partial charge >= 0.3 is 0 Å². The van der Waals surface area contributed by atoms with E-state index >= 15 is 0 Å². The molecule has 0 radical (unpaired) electrons. The van der Waals surface area contributed by atoms with E-state index in [2.05, 4.69) is 66.0 Å². The van der Waals surface area contributed by atoms with Crippen LogP contribution in [0, 0.1) is 44.8 Å². The van der Waals surface area contributed by atoms with Gasteiger partial charge in [-0.25, -0.2) is 0 Å². The Hall–Kier alpha value is -0.0800. The van der Waals surface area contributed by atoms with E-state index in [1.54, 1.807) is 6.42 Å². The van der Waals surface area contributed by atoms with Crippen LogP contribution in [0.2, 0.25) is 0 Å². The molecule has 0 aromatic rings. The highest BCUT2D eigenvalue weighted by Gasteiger charge is 2.82. The normalized spacial score (nSPS) is 56.2. The van der Waals surface area contributed by atoms with Crippen LogP contribution in [0.3, 0.4) is 0 Å². The van der Waals surface area contributed by atoms with Gasteiger partial charge in [-0.15, -0.1) is 0 Å². The first kappa shape index (κ1) is 20.8. The average Bonchev–Trinajstić information content (AvgIpc) is 3.23. The van der Waals surface area contributed by atoms with Crippen molar-refractivity contribution in [3.05, 3.63) is 0 Å². The van der Waals surface area contributed by atoms with E-state index < -0.39 is 0 Å². The van der Waals surface area contributed by atoms with Gasteiger partial charge in [0.25, 0.3) is 0 Å². The maximum Gasteiger partial charge on any atom is 0.0143 e. The van der Waals surface area contributed by atoms with Gasteiger partial charge in [0.1, 0.15) is 0 Å². The minimum absolute atomic E-state index is 0.469. The third-order valence-electron chi connectivity index (χ3n) is 12.8. The van der Waals surface area contributed by atoms with Gasteiger partial charge in [-0.3, -0.25) is 0 Å². The van der Waals surface area contributed by atoms with Crippen LogP contribution in [0.1, 0.15) is 92.4 Å². The lowest BCUT2D eigenvalue weighted by Crippen LogP contribution is -2.59. The second-order valence-electron chi connectivity index (χ2n) is 13.6. The molecule has 0 amide bonds. The molecule has 0 aliphatic heterocycles. The van der Waals surface area contributed by atoms with Crippen LogP contribution in [0.4, 0.5) is 0 Å². The minimum atomic E-state index is 0.469. The molecule has 5 aliphatic rings. The molecule has 166 valence electrons. The SMILES string of the molecule is CN[C@@H](C)[C@H]1CC[C@@]2(C)[C@@H]3CC[C@H]4C(C)(C)[C@@H](N(C)C)CC[C@@]45C[C@@]35CC[C@]12C. The van der Waals surface area contributed by atoms with Crippen molar-refractivity contribution in [2.45, 2.75) is 104 Å². The van der Waals surface area contributed by atoms with Crippen molar-refractivity contribution in [3.63, 3.8) is 0 Å². The molecule has 0 bridgehead atoms. The zero-order valence-corrected chi connectivity index (χ0v) is 20.7. The summed E-state index contributed by atoms with van der Waals surface area (Å²) in [6, 6.07) is 1.43. The van der Waals surface area contributed by atoms with Gasteiger partial charge in [-0.05, 0) is 131 Å². The van der Waals surface area contributed by atoms with Gasteiger partial charge in [-0.1, -0.05) is 27.7 Å². The Morgan fingerprint density at radius 3 is 2.10 bits per heavy atom. The van der Waals surface area contributed by atoms with Gasteiger partial charge in [0, 0.05) is 12.1 Å². The van der Waals surface area contributed by atoms with Gasteiger partial charge < -0.3 is 10.2 Å². The molecule has 2 heteroatoms. The van der Waals surface area contributed by atoms with E-state index in [1.165, 1.54) is 51.4 Å². The summed E-state index contributed by atoms with van der Waals surface area (Å²) in [5.74, 6) is 2.81. The van der Waals surface area contributed by atoms with Crippen molar-refractivity contribution in [1.82, 2.24) is 10.2 Å². The quantitative estimate of drug-likeness (QED) is 0.628. The largest absolute Gasteiger partial charge is 0.317 e. The lowest BCUT2D eigenvalue weighted by atomic mass is 9.41. The highest BCUT2D eigenvalue weighted by molar-refractivity contribution is 5.31. The lowest BCUT2D eigenvalue weighted by molar-refractivity contribution is -0.150. The van der Waals surface area contributed by atoms with Crippen LogP contribution in [0.5, 0.6) is 0 Å². The monoisotopic (exact) mass is 400 g/mol. The average molecular weight is 401 g/mol. The molecule has 2 spiro atoms. The zero-order valence-electron chi connectivity index (χ0n) is 20.7. The van der Waals surface area contributed by atoms with Crippen LogP contribution >= 0.6 is 0 Å². The summed E-state index contributed by atoms with van der Waals surface area (Å²) < 4.78 is 0. The molecular weight excluding hydrogens is 352 g/mol. The summed E-state index contributed by atoms with van der Waals surface area (Å²) in [7, 11) is 6.83. The summed E-state index contributed by atoms with van der Waals surface area (Å²) >= 11 is 0. The van der Waals surface area contributed by atoms with Gasteiger partial charge in [-0.2, -0.15) is 0 Å². The smallest absolute Gasteiger partial charge is 0.0143 e. The predicted octanol–water partition coefficient (Wildman–Crippen LogP) is 5.96. The molecule has 0 unspecified atom stereocenters. The number of fused-ring (bicyclic) bond motifs is 2. The topological polar surface area (TPSA) is 15.3 Å². The van der Waals surface area contributed by atoms with E-state index in [0.29, 0.717) is 33.1 Å². The third kappa shape index (κ3) is 2.22. The Morgan fingerprint density at radius 2 is 1.45 bits per heavy atom. The second kappa shape index (κ2) is 6.03. The Bertz CT molecular complexity index is 684. The first-order chi connectivity index (χ1) is 13.5. The number of hydrogen-bond acceptors (Lipinski definition) is 2. The Labute approximate surface area is 181 Å². The minimum Gasteiger partial charge on any atom is -0.317 e. The summed E-state index contributed by atoms with van der Waals surface area (Å²) in [6.07, 6.45) is 13.5. The van der Waals surface area contributed by atoms with E-state index in [4.69, 9.17) is 0 Å². The van der Waals surface area contributed by atoms with Crippen LogP contribution < -0.4 is 5.32 Å². The van der Waals surface area contributed by atoms with Crippen molar-refractivity contribution in [3.8, 4) is 0 Å². The van der Waals surface area contributed by atoms with Crippen molar-refractivity contribution in [2.24, 2.45) is 44.8 Å². The number of rotatable bonds is 3. The highest BCUT2D eigenvalue weighted by Crippen LogP contribution is 2.89. The molecule has 9 atom stereocenters. The molecule has 0 aromatic carbocycles. The molecule has 1 N–H and O–H groups in total. The van der Waals surface area contributed by atoms with Gasteiger partial charge in [0.15, 0.2) is 0 Å². The van der Waals surface area contributed by atoms with E-state index in [0.717, 1.165) is 23.8 Å². The fourth-order valence-electron chi connectivity index (χ4n) is 11.3. The molecule has 0 aromatic heterocycles. The highest BCUT2D eigenvalue weighted by atomic mass is 15.1. The van der Waals surface area contributed by atoms with Crippen molar-refractivity contribution in [1.29, 1.82) is 0 Å². The number of nitrogens with zero attached hydrogens (tertiary/aromatic N) is 1. The predicted molar refractivity (Wildman–Crippen MR) is 123 cm³/mol. The van der Waals surface area contributed by atoms with Crippen molar-refractivity contribution in [2.75, 3.05) is 21.1 Å². The Morgan fingerprint density at radius 1 is 0.793 bits per heavy atom. The molecule has 5 saturated carbocycles. The fraction of sp³-hybridized carbons (Fsp3) is 1.00. The molecule has 5 aliphatic carbocycles. The van der Waals surface area contributed by atoms with Crippen LogP contribution in [0.25, 0.3) is 0 Å². The standard InChI is InChI=1S/C27H48N2/c1-18(28-6)19-11-13-25(5)21-10-9-20-23(2,3)22(29(7)8)12-14-26(20)17-27(21,26)16-15-24(19,25)4/h18-22,28H,9-17H2,1-8H3/t18-,19+,20-,21-,22-,24+,25-,26+,27-/m0/s1. The maximum atomic E-state index is 3.64. The third-order valence-corrected chi connectivity index (χ3v) is 12.8. The zero-order chi connectivity index (χ0) is 21.0. The summed E-state index contributed by atoms with van der Waals surface area (Å²) in [6.45, 7) is 13.2. The van der Waals surface area contributed by atoms with Crippen LogP contribution in [-0.2, 0) is 0 Å². The molecule has 5 rings (SSSR count). The Balaban J connectivity index is 1.49. The fourth-order valence-corrected chi connectivity index (χ4v) is 11.3. The summed E-state index contributed by atoms with van der Waals surface area (Å²) in [4.78, 5) is 2.55. The van der Waals surface area contributed by atoms with Gasteiger partial charge in [0.2, 0.25) is 0 Å². The van der Waals surface area contributed by atoms with Gasteiger partial charge in [0.05, 0.1) is 0 Å². The lowest BCUT2D eigenvalue weighted by Gasteiger charge is -2.64. The van der Waals surface area contributed by atoms with Crippen LogP contribution in [0.15, 0.2) is 0 Å². The van der Waals surface area contributed by atoms with Crippen molar-refractivity contribution >= 4 is 0 Å². The van der Waals surface area contributed by atoms with Crippen LogP contribution in [-0.4, -0.2) is 38.1 Å². The summed E-state index contributed by atoms with van der Waals surface area (Å²) in [5, 5.41) is 3.64.